The molecule has 126 valence electrons. The minimum Gasteiger partial charge on any atom is -0.423 e. The second-order valence-corrected chi connectivity index (χ2v) is 7.29. The van der Waals surface area contributed by atoms with E-state index in [-0.39, 0.29) is 23.4 Å². The Morgan fingerprint density at radius 2 is 1.43 bits per heavy atom. The highest BCUT2D eigenvalue weighted by Crippen LogP contribution is 3.02. The van der Waals surface area contributed by atoms with Crippen LogP contribution in [0.25, 0.3) is 0 Å². The van der Waals surface area contributed by atoms with E-state index in [1.807, 2.05) is 6.92 Å². The molecule has 2 aromatic rings. The number of hydrogen-bond acceptors (Lipinski definition) is 2. The van der Waals surface area contributed by atoms with Crippen molar-refractivity contribution in [2.75, 3.05) is 0 Å². The van der Waals surface area contributed by atoms with Gasteiger partial charge in [0.25, 0.3) is 0 Å². The first kappa shape index (κ1) is 17.3. The summed E-state index contributed by atoms with van der Waals surface area (Å²) in [6, 6.07) is 8.24. The smallest absolute Gasteiger partial charge is 0.343 e. The lowest BCUT2D eigenvalue weighted by Crippen LogP contribution is -2.09. The van der Waals surface area contributed by atoms with Crippen LogP contribution >= 0.6 is 10.2 Å². The largest absolute Gasteiger partial charge is 0.423 e. The lowest BCUT2D eigenvalue weighted by Gasteiger charge is -2.40. The van der Waals surface area contributed by atoms with E-state index in [4.69, 9.17) is 4.74 Å². The first-order valence-electron chi connectivity index (χ1n) is 6.54. The van der Waals surface area contributed by atoms with E-state index in [0.717, 1.165) is 12.0 Å². The number of carbonyl (C=O) groups is 1. The summed E-state index contributed by atoms with van der Waals surface area (Å²) >= 11 is 0. The molecule has 0 atom stereocenters. The van der Waals surface area contributed by atoms with Gasteiger partial charge >= 0.3 is 16.2 Å². The van der Waals surface area contributed by atoms with E-state index >= 15 is 0 Å². The van der Waals surface area contributed by atoms with Gasteiger partial charge in [-0.05, 0) is 48.4 Å². The molecule has 0 aliphatic carbocycles. The molecule has 0 aliphatic rings. The van der Waals surface area contributed by atoms with Crippen molar-refractivity contribution in [1.82, 2.24) is 0 Å². The van der Waals surface area contributed by atoms with Crippen LogP contribution in [0.5, 0.6) is 5.75 Å². The van der Waals surface area contributed by atoms with Gasteiger partial charge in [0.15, 0.2) is 0 Å². The Morgan fingerprint density at radius 1 is 0.913 bits per heavy atom. The zero-order chi connectivity index (χ0) is 17.4. The molecule has 0 fully saturated rings. The Bertz CT molecular complexity index is 722. The second-order valence-electron chi connectivity index (χ2n) is 4.88. The summed E-state index contributed by atoms with van der Waals surface area (Å²) in [5.74, 6) is -1.03. The van der Waals surface area contributed by atoms with Crippen molar-refractivity contribution in [2.45, 2.75) is 18.2 Å². The fourth-order valence-electron chi connectivity index (χ4n) is 1.81. The highest BCUT2D eigenvalue weighted by Gasteiger charge is 2.65. The predicted molar refractivity (Wildman–Crippen MR) is 78.6 cm³/mol. The van der Waals surface area contributed by atoms with E-state index < -0.39 is 21.1 Å². The van der Waals surface area contributed by atoms with Gasteiger partial charge in [0.2, 0.25) is 0 Å². The molecule has 0 bridgehead atoms. The summed E-state index contributed by atoms with van der Waals surface area (Å²) in [4.78, 5) is 9.81. The monoisotopic (exact) mass is 352 g/mol. The normalized spacial score (nSPS) is 14.7. The van der Waals surface area contributed by atoms with Crippen LogP contribution < -0.4 is 4.74 Å². The van der Waals surface area contributed by atoms with Crippen molar-refractivity contribution in [2.24, 2.45) is 0 Å². The van der Waals surface area contributed by atoms with Gasteiger partial charge in [0.05, 0.1) is 5.56 Å². The van der Waals surface area contributed by atoms with Crippen molar-refractivity contribution >= 4 is 16.2 Å². The van der Waals surface area contributed by atoms with Gasteiger partial charge in [0, 0.05) is 0 Å². The predicted octanol–water partition coefficient (Wildman–Crippen LogP) is 6.13. The van der Waals surface area contributed by atoms with Crippen molar-refractivity contribution in [3.63, 3.8) is 0 Å². The van der Waals surface area contributed by atoms with Crippen LogP contribution in [0.15, 0.2) is 53.4 Å². The molecule has 8 heteroatoms. The number of rotatable bonds is 4. The highest BCUT2D eigenvalue weighted by molar-refractivity contribution is 8.45. The molecular weight excluding hydrogens is 339 g/mol. The summed E-state index contributed by atoms with van der Waals surface area (Å²) in [5, 5.41) is 0. The number of benzene rings is 2. The number of aryl methyl sites for hydroxylation is 1. The molecule has 0 heterocycles. The van der Waals surface area contributed by atoms with Crippen molar-refractivity contribution in [3.05, 3.63) is 59.7 Å². The number of ether oxygens (including phenoxy) is 1. The van der Waals surface area contributed by atoms with Crippen molar-refractivity contribution in [3.8, 4) is 5.75 Å². The van der Waals surface area contributed by atoms with Crippen LogP contribution in [-0.4, -0.2) is 5.97 Å². The first-order chi connectivity index (χ1) is 10.4. The Hall–Kier alpha value is -2.09. The Morgan fingerprint density at radius 3 is 1.87 bits per heavy atom. The lowest BCUT2D eigenvalue weighted by atomic mass is 10.1. The Balaban J connectivity index is 2.16. The van der Waals surface area contributed by atoms with Crippen molar-refractivity contribution in [1.29, 1.82) is 0 Å². The number of halogens is 5. The Kier molecular flexibility index (Phi) is 3.72. The van der Waals surface area contributed by atoms with E-state index in [1.54, 1.807) is 12.1 Å². The third kappa shape index (κ3) is 4.44. The molecule has 23 heavy (non-hydrogen) atoms. The highest BCUT2D eigenvalue weighted by atomic mass is 32.5. The van der Waals surface area contributed by atoms with Crippen LogP contribution in [0.4, 0.5) is 19.4 Å². The number of esters is 1. The zero-order valence-electron chi connectivity index (χ0n) is 11.9. The third-order valence-corrected chi connectivity index (χ3v) is 4.24. The molecule has 0 aliphatic heterocycles. The lowest BCUT2D eigenvalue weighted by molar-refractivity contribution is 0.0734. The molecular formula is C15H13F5O2S. The molecule has 2 aromatic carbocycles. The number of carbonyl (C=O) groups excluding carboxylic acids is 1. The van der Waals surface area contributed by atoms with Crippen LogP contribution in [0.1, 0.15) is 22.8 Å². The molecule has 0 spiro atoms. The average molecular weight is 352 g/mol. The molecule has 0 saturated heterocycles. The fourth-order valence-corrected chi connectivity index (χ4v) is 2.46. The molecule has 0 amide bonds. The van der Waals surface area contributed by atoms with E-state index in [2.05, 4.69) is 0 Å². The summed E-state index contributed by atoms with van der Waals surface area (Å²) < 4.78 is 67.7. The van der Waals surface area contributed by atoms with Gasteiger partial charge in [-0.2, -0.15) is 0 Å². The van der Waals surface area contributed by atoms with Crippen LogP contribution in [0.2, 0.25) is 0 Å². The minimum absolute atomic E-state index is 0.199. The molecule has 0 saturated carbocycles. The molecule has 0 N–H and O–H groups in total. The summed E-state index contributed by atoms with van der Waals surface area (Å²) in [6.45, 7) is 1.94. The van der Waals surface area contributed by atoms with Crippen LogP contribution in [-0.2, 0) is 6.42 Å². The number of hydrogen-bond donors (Lipinski definition) is 0. The second kappa shape index (κ2) is 4.95. The first-order valence-corrected chi connectivity index (χ1v) is 8.49. The van der Waals surface area contributed by atoms with E-state index in [0.29, 0.717) is 12.1 Å². The SMILES string of the molecule is CCc1ccc(C(=O)Oc2ccc(S(F)(F)(F)(F)F)cc2)cc1. The topological polar surface area (TPSA) is 26.3 Å². The maximum Gasteiger partial charge on any atom is 0.343 e. The van der Waals surface area contributed by atoms with Crippen LogP contribution in [0.3, 0.4) is 0 Å². The van der Waals surface area contributed by atoms with Gasteiger partial charge in [0.1, 0.15) is 10.6 Å². The average Bonchev–Trinajstić information content (AvgIpc) is 2.45. The summed E-state index contributed by atoms with van der Waals surface area (Å²) in [5.41, 5.74) is 1.21. The van der Waals surface area contributed by atoms with Crippen LogP contribution in [0, 0.1) is 0 Å². The standard InChI is InChI=1S/C15H13F5O2S/c1-2-11-3-5-12(6-4-11)15(21)22-13-7-9-14(10-8-13)23(16,17,18,19)20/h3-10H,2H2,1H3. The maximum absolute atomic E-state index is 12.6. The molecule has 2 nitrogen and oxygen atoms in total. The molecule has 0 aromatic heterocycles. The van der Waals surface area contributed by atoms with Gasteiger partial charge < -0.3 is 4.74 Å². The van der Waals surface area contributed by atoms with E-state index in [9.17, 15) is 24.2 Å². The summed E-state index contributed by atoms with van der Waals surface area (Å²) in [7, 11) is -9.72. The van der Waals surface area contributed by atoms with E-state index in [1.165, 1.54) is 12.1 Å². The fraction of sp³-hybridized carbons (Fsp3) is 0.133. The molecule has 0 unspecified atom stereocenters. The summed E-state index contributed by atoms with van der Waals surface area (Å²) in [6.07, 6.45) is 0.783. The quantitative estimate of drug-likeness (QED) is 0.376. The van der Waals surface area contributed by atoms with Gasteiger partial charge in [-0.3, -0.25) is 0 Å². The maximum atomic E-state index is 12.6. The Labute approximate surface area is 129 Å². The minimum atomic E-state index is -9.72. The molecule has 0 radical (unpaired) electrons. The van der Waals surface area contributed by atoms with Gasteiger partial charge in [-0.15, -0.1) is 0 Å². The van der Waals surface area contributed by atoms with Gasteiger partial charge in [-0.1, -0.05) is 38.5 Å². The van der Waals surface area contributed by atoms with Crippen molar-refractivity contribution < 1.29 is 29.0 Å². The molecule has 2 rings (SSSR count). The zero-order valence-corrected chi connectivity index (χ0v) is 12.8. The van der Waals surface area contributed by atoms with Gasteiger partial charge in [-0.25, -0.2) is 4.79 Å². The third-order valence-electron chi connectivity index (χ3n) is 3.08.